The van der Waals surface area contributed by atoms with Gasteiger partial charge < -0.3 is 0 Å². The van der Waals surface area contributed by atoms with Crippen molar-refractivity contribution in [3.63, 3.8) is 0 Å². The van der Waals surface area contributed by atoms with E-state index in [9.17, 15) is 0 Å². The zero-order valence-electron chi connectivity index (χ0n) is 14.7. The van der Waals surface area contributed by atoms with Crippen molar-refractivity contribution in [2.75, 3.05) is 19.6 Å². The Morgan fingerprint density at radius 3 is 2.73 bits per heavy atom. The van der Waals surface area contributed by atoms with Gasteiger partial charge in [0.05, 0.1) is 5.69 Å². The molecular formula is C19H23BrN6. The van der Waals surface area contributed by atoms with Gasteiger partial charge in [0, 0.05) is 35.7 Å². The number of halogens is 1. The van der Waals surface area contributed by atoms with Gasteiger partial charge in [-0.3, -0.25) is 9.80 Å². The van der Waals surface area contributed by atoms with Crippen LogP contribution >= 0.6 is 15.9 Å². The number of fused-ring (bicyclic) bond motifs is 1. The molecule has 1 N–H and O–H groups in total. The Morgan fingerprint density at radius 1 is 1.15 bits per heavy atom. The van der Waals surface area contributed by atoms with E-state index in [1.54, 1.807) is 0 Å². The van der Waals surface area contributed by atoms with Gasteiger partial charge in [-0.15, -0.1) is 5.11 Å². The van der Waals surface area contributed by atoms with Gasteiger partial charge in [0.2, 0.25) is 0 Å². The van der Waals surface area contributed by atoms with Crippen molar-refractivity contribution in [1.82, 2.24) is 19.8 Å². The van der Waals surface area contributed by atoms with Crippen LogP contribution in [-0.4, -0.2) is 45.4 Å². The van der Waals surface area contributed by atoms with Crippen LogP contribution < -0.4 is 0 Å². The number of hydrogen-bond donors (Lipinski definition) is 1. The van der Waals surface area contributed by atoms with Gasteiger partial charge in [-0.1, -0.05) is 34.1 Å². The molecule has 0 aliphatic carbocycles. The monoisotopic (exact) mass is 414 g/mol. The summed E-state index contributed by atoms with van der Waals surface area (Å²) in [5.74, 6) is 0.540. The standard InChI is InChI=1S/C19H23BrN6/c20-17-4-2-1-3-14(17)11-25-8-5-15(6-9-25)26-10-7-16-18(12-26)22-13-23-19(16)24-21/h1-4,13,15,21H,5-12H2. The molecule has 136 valence electrons. The number of piperidine rings is 1. The van der Waals surface area contributed by atoms with Crippen molar-refractivity contribution in [2.45, 2.75) is 38.4 Å². The molecule has 0 atom stereocenters. The molecule has 1 saturated heterocycles. The normalized spacial score (nSPS) is 19.3. The van der Waals surface area contributed by atoms with Crippen molar-refractivity contribution in [1.29, 1.82) is 5.53 Å². The van der Waals surface area contributed by atoms with Crippen molar-refractivity contribution in [3.8, 4) is 0 Å². The summed E-state index contributed by atoms with van der Waals surface area (Å²) in [5.41, 5.74) is 10.7. The minimum absolute atomic E-state index is 0.540. The largest absolute Gasteiger partial charge is 0.299 e. The first-order valence-corrected chi connectivity index (χ1v) is 9.94. The first-order chi connectivity index (χ1) is 12.7. The van der Waals surface area contributed by atoms with E-state index in [4.69, 9.17) is 5.53 Å². The van der Waals surface area contributed by atoms with E-state index in [0.29, 0.717) is 11.9 Å². The second-order valence-electron chi connectivity index (χ2n) is 7.05. The molecule has 26 heavy (non-hydrogen) atoms. The molecule has 0 unspecified atom stereocenters. The Balaban J connectivity index is 1.35. The zero-order chi connectivity index (χ0) is 17.9. The molecule has 1 aromatic carbocycles. The van der Waals surface area contributed by atoms with E-state index >= 15 is 0 Å². The average Bonchev–Trinajstić information content (AvgIpc) is 2.69. The lowest BCUT2D eigenvalue weighted by molar-refractivity contribution is 0.0935. The van der Waals surface area contributed by atoms with E-state index in [1.165, 1.54) is 29.2 Å². The van der Waals surface area contributed by atoms with Crippen molar-refractivity contribution >= 4 is 21.7 Å². The second-order valence-corrected chi connectivity index (χ2v) is 7.91. The van der Waals surface area contributed by atoms with Crippen LogP contribution in [0.1, 0.15) is 29.7 Å². The average molecular weight is 415 g/mol. The highest BCUT2D eigenvalue weighted by Gasteiger charge is 2.29. The van der Waals surface area contributed by atoms with Gasteiger partial charge in [-0.2, -0.15) is 0 Å². The van der Waals surface area contributed by atoms with Crippen LogP contribution in [0.2, 0.25) is 0 Å². The first-order valence-electron chi connectivity index (χ1n) is 9.14. The Hall–Kier alpha value is -1.70. The predicted octanol–water partition coefficient (Wildman–Crippen LogP) is 3.92. The van der Waals surface area contributed by atoms with Crippen molar-refractivity contribution in [2.24, 2.45) is 5.11 Å². The third-order valence-corrected chi connectivity index (χ3v) is 6.32. The molecule has 0 saturated carbocycles. The second kappa shape index (κ2) is 7.90. The topological polar surface area (TPSA) is 68.5 Å². The molecule has 0 radical (unpaired) electrons. The van der Waals surface area contributed by atoms with Crippen molar-refractivity contribution < 1.29 is 0 Å². The maximum Gasteiger partial charge on any atom is 0.180 e. The number of hydrogen-bond acceptors (Lipinski definition) is 6. The quantitative estimate of drug-likeness (QED) is 0.769. The zero-order valence-corrected chi connectivity index (χ0v) is 16.3. The van der Waals surface area contributed by atoms with E-state index in [2.05, 4.69) is 65.1 Å². The molecule has 3 heterocycles. The maximum absolute atomic E-state index is 7.27. The van der Waals surface area contributed by atoms with Crippen LogP contribution in [0.25, 0.3) is 0 Å². The number of benzene rings is 1. The molecule has 1 fully saturated rings. The lowest BCUT2D eigenvalue weighted by Gasteiger charge is -2.40. The number of nitrogens with one attached hydrogen (secondary N) is 1. The summed E-state index contributed by atoms with van der Waals surface area (Å²) in [6.07, 6.45) is 4.82. The fraction of sp³-hybridized carbons (Fsp3) is 0.474. The minimum atomic E-state index is 0.540. The first kappa shape index (κ1) is 17.7. The van der Waals surface area contributed by atoms with E-state index in [-0.39, 0.29) is 0 Å². The molecule has 2 aliphatic rings. The van der Waals surface area contributed by atoms with Gasteiger partial charge in [0.15, 0.2) is 5.82 Å². The molecule has 2 aliphatic heterocycles. The lowest BCUT2D eigenvalue weighted by Crippen LogP contribution is -2.46. The molecule has 0 spiro atoms. The third kappa shape index (κ3) is 3.70. The van der Waals surface area contributed by atoms with Crippen LogP contribution in [0.4, 0.5) is 5.82 Å². The van der Waals surface area contributed by atoms with E-state index in [1.807, 2.05) is 0 Å². The Bertz CT molecular complexity index is 787. The van der Waals surface area contributed by atoms with Crippen LogP contribution in [0.5, 0.6) is 0 Å². The van der Waals surface area contributed by atoms with Crippen LogP contribution in [-0.2, 0) is 19.5 Å². The third-order valence-electron chi connectivity index (χ3n) is 5.54. The highest BCUT2D eigenvalue weighted by molar-refractivity contribution is 9.10. The number of aromatic nitrogens is 2. The van der Waals surface area contributed by atoms with E-state index < -0.39 is 0 Å². The maximum atomic E-state index is 7.27. The lowest BCUT2D eigenvalue weighted by atomic mass is 9.98. The van der Waals surface area contributed by atoms with Crippen LogP contribution in [0.15, 0.2) is 40.2 Å². The van der Waals surface area contributed by atoms with Crippen LogP contribution in [0.3, 0.4) is 0 Å². The Labute approximate surface area is 162 Å². The van der Waals surface area contributed by atoms with Gasteiger partial charge in [0.1, 0.15) is 6.33 Å². The van der Waals surface area contributed by atoms with Gasteiger partial charge in [-0.25, -0.2) is 15.5 Å². The van der Waals surface area contributed by atoms with Crippen molar-refractivity contribution in [3.05, 3.63) is 51.9 Å². The number of nitrogens with zero attached hydrogens (tertiary/aromatic N) is 5. The van der Waals surface area contributed by atoms with Gasteiger partial charge in [-0.05, 0) is 44.0 Å². The molecule has 0 amide bonds. The molecule has 7 heteroatoms. The van der Waals surface area contributed by atoms with Crippen LogP contribution in [0, 0.1) is 5.53 Å². The minimum Gasteiger partial charge on any atom is -0.299 e. The van der Waals surface area contributed by atoms with Gasteiger partial charge in [0.25, 0.3) is 0 Å². The van der Waals surface area contributed by atoms with E-state index in [0.717, 1.165) is 50.4 Å². The Kier molecular flexibility index (Phi) is 5.38. The molecule has 6 nitrogen and oxygen atoms in total. The molecule has 4 rings (SSSR count). The number of rotatable bonds is 4. The molecule has 2 aromatic rings. The number of likely N-dealkylation sites (tertiary alicyclic amines) is 1. The molecule has 1 aromatic heterocycles. The molecule has 0 bridgehead atoms. The summed E-state index contributed by atoms with van der Waals surface area (Å²) in [4.78, 5) is 13.7. The SMILES string of the molecule is N=Nc1ncnc2c1CCN(C1CCN(Cc3ccccc3Br)CC1)C2. The summed E-state index contributed by atoms with van der Waals surface area (Å²) >= 11 is 3.66. The highest BCUT2D eigenvalue weighted by atomic mass is 79.9. The summed E-state index contributed by atoms with van der Waals surface area (Å²) in [5, 5.41) is 3.55. The fourth-order valence-electron chi connectivity index (χ4n) is 4.08. The smallest absolute Gasteiger partial charge is 0.180 e. The predicted molar refractivity (Wildman–Crippen MR) is 103 cm³/mol. The summed E-state index contributed by atoms with van der Waals surface area (Å²) in [6, 6.07) is 9.11. The Morgan fingerprint density at radius 2 is 1.96 bits per heavy atom. The summed E-state index contributed by atoms with van der Waals surface area (Å²) in [7, 11) is 0. The molecular weight excluding hydrogens is 392 g/mol. The fourth-order valence-corrected chi connectivity index (χ4v) is 4.49. The van der Waals surface area contributed by atoms with Gasteiger partial charge >= 0.3 is 0 Å². The highest BCUT2D eigenvalue weighted by Crippen LogP contribution is 2.28. The summed E-state index contributed by atoms with van der Waals surface area (Å²) in [6.45, 7) is 5.14. The summed E-state index contributed by atoms with van der Waals surface area (Å²) < 4.78 is 1.20.